The minimum atomic E-state index is -0.967. The van der Waals surface area contributed by atoms with Crippen LogP contribution in [0.2, 0.25) is 0 Å². The first kappa shape index (κ1) is 20.1. The number of rotatable bonds is 7. The Balaban J connectivity index is 1.33. The standard InChI is InChI=1S/C21H22N4O4S/c26-18(22-15-5-7-16(8-6-15)23-10-1-2-11-23)14-25-20(28)19(27)24(21(25)29)12-9-17-4-3-13-30-17/h3-8,13H,1-2,9-12,14H2,(H,22,26). The average Bonchev–Trinajstić information content (AvgIpc) is 3.48. The summed E-state index contributed by atoms with van der Waals surface area (Å²) >= 11 is 1.52. The van der Waals surface area contributed by atoms with Crippen molar-refractivity contribution in [3.8, 4) is 0 Å². The summed E-state index contributed by atoms with van der Waals surface area (Å²) in [7, 11) is 0. The Bertz CT molecular complexity index is 952. The maximum atomic E-state index is 12.5. The lowest BCUT2D eigenvalue weighted by atomic mass is 10.2. The third-order valence-electron chi connectivity index (χ3n) is 5.22. The highest BCUT2D eigenvalue weighted by Gasteiger charge is 2.44. The number of nitrogens with one attached hydrogen (secondary N) is 1. The molecule has 2 fully saturated rings. The van der Waals surface area contributed by atoms with Gasteiger partial charge in [-0.15, -0.1) is 11.3 Å². The zero-order valence-electron chi connectivity index (χ0n) is 16.4. The van der Waals surface area contributed by atoms with Crippen molar-refractivity contribution >= 4 is 46.5 Å². The predicted octanol–water partition coefficient (Wildman–Crippen LogP) is 2.32. The molecule has 0 unspecified atom stereocenters. The zero-order valence-corrected chi connectivity index (χ0v) is 17.2. The summed E-state index contributed by atoms with van der Waals surface area (Å²) in [6.45, 7) is 1.68. The van der Waals surface area contributed by atoms with E-state index in [4.69, 9.17) is 0 Å². The highest BCUT2D eigenvalue weighted by Crippen LogP contribution is 2.22. The number of anilines is 2. The molecule has 0 radical (unpaired) electrons. The number of imide groups is 2. The summed E-state index contributed by atoms with van der Waals surface area (Å²) in [5.74, 6) is -2.39. The fourth-order valence-corrected chi connectivity index (χ4v) is 4.34. The van der Waals surface area contributed by atoms with Gasteiger partial charge < -0.3 is 10.2 Å². The van der Waals surface area contributed by atoms with Crippen molar-refractivity contribution < 1.29 is 19.2 Å². The molecule has 1 aromatic heterocycles. The molecule has 5 amide bonds. The summed E-state index contributed by atoms with van der Waals surface area (Å²) in [5, 5.41) is 4.59. The molecule has 1 aromatic carbocycles. The van der Waals surface area contributed by atoms with Gasteiger partial charge in [0.1, 0.15) is 6.54 Å². The second kappa shape index (κ2) is 8.66. The van der Waals surface area contributed by atoms with Gasteiger partial charge in [-0.3, -0.25) is 19.3 Å². The molecular formula is C21H22N4O4S. The topological polar surface area (TPSA) is 90.0 Å². The van der Waals surface area contributed by atoms with Crippen molar-refractivity contribution in [2.45, 2.75) is 19.3 Å². The minimum absolute atomic E-state index is 0.111. The number of urea groups is 1. The van der Waals surface area contributed by atoms with Gasteiger partial charge in [0.2, 0.25) is 5.91 Å². The Hall–Kier alpha value is -3.20. The van der Waals surface area contributed by atoms with Gasteiger partial charge in [-0.25, -0.2) is 9.69 Å². The third kappa shape index (κ3) is 4.20. The molecule has 0 spiro atoms. The molecule has 2 aromatic rings. The Labute approximate surface area is 178 Å². The molecule has 0 atom stereocenters. The number of nitrogens with zero attached hydrogens (tertiary/aromatic N) is 3. The Kier molecular flexibility index (Phi) is 5.80. The van der Waals surface area contributed by atoms with Gasteiger partial charge in [-0.2, -0.15) is 0 Å². The number of carbonyl (C=O) groups excluding carboxylic acids is 4. The predicted molar refractivity (Wildman–Crippen MR) is 113 cm³/mol. The molecule has 1 N–H and O–H groups in total. The first-order valence-electron chi connectivity index (χ1n) is 9.87. The highest BCUT2D eigenvalue weighted by molar-refractivity contribution is 7.09. The van der Waals surface area contributed by atoms with Crippen molar-refractivity contribution in [3.63, 3.8) is 0 Å². The number of carbonyl (C=O) groups is 4. The molecular weight excluding hydrogens is 404 g/mol. The van der Waals surface area contributed by atoms with E-state index in [9.17, 15) is 19.2 Å². The van der Waals surface area contributed by atoms with Crippen molar-refractivity contribution in [2.75, 3.05) is 36.4 Å². The second-order valence-corrected chi connectivity index (χ2v) is 8.28. The van der Waals surface area contributed by atoms with E-state index in [1.807, 2.05) is 29.6 Å². The zero-order chi connectivity index (χ0) is 21.1. The highest BCUT2D eigenvalue weighted by atomic mass is 32.1. The fraction of sp³-hybridized carbons (Fsp3) is 0.333. The third-order valence-corrected chi connectivity index (χ3v) is 6.16. The van der Waals surface area contributed by atoms with E-state index >= 15 is 0 Å². The van der Waals surface area contributed by atoms with Crippen molar-refractivity contribution in [1.29, 1.82) is 0 Å². The molecule has 3 heterocycles. The van der Waals surface area contributed by atoms with Gasteiger partial charge in [-0.1, -0.05) is 6.07 Å². The van der Waals surface area contributed by atoms with Gasteiger partial charge in [0.15, 0.2) is 0 Å². The SMILES string of the molecule is O=C(CN1C(=O)C(=O)N(CCc2cccs2)C1=O)Nc1ccc(N2CCCC2)cc1. The van der Waals surface area contributed by atoms with Crippen molar-refractivity contribution in [1.82, 2.24) is 9.80 Å². The van der Waals surface area contributed by atoms with E-state index < -0.39 is 30.3 Å². The monoisotopic (exact) mass is 426 g/mol. The first-order valence-corrected chi connectivity index (χ1v) is 10.8. The molecule has 0 aliphatic carbocycles. The second-order valence-electron chi connectivity index (χ2n) is 7.25. The quantitative estimate of drug-likeness (QED) is 0.542. The van der Waals surface area contributed by atoms with Crippen LogP contribution >= 0.6 is 11.3 Å². The van der Waals surface area contributed by atoms with Crippen LogP contribution in [-0.2, 0) is 20.8 Å². The summed E-state index contributed by atoms with van der Waals surface area (Å²) in [4.78, 5) is 54.1. The lowest BCUT2D eigenvalue weighted by Gasteiger charge is -2.18. The van der Waals surface area contributed by atoms with Gasteiger partial charge in [0.25, 0.3) is 0 Å². The average molecular weight is 426 g/mol. The van der Waals surface area contributed by atoms with Crippen LogP contribution in [0.3, 0.4) is 0 Å². The molecule has 2 aliphatic rings. The summed E-state index contributed by atoms with van der Waals surface area (Å²) < 4.78 is 0. The van der Waals surface area contributed by atoms with Crippen LogP contribution in [0, 0.1) is 0 Å². The molecule has 8 nitrogen and oxygen atoms in total. The molecule has 0 saturated carbocycles. The Morgan fingerprint density at radius 2 is 1.67 bits per heavy atom. The largest absolute Gasteiger partial charge is 0.372 e. The number of thiophene rings is 1. The van der Waals surface area contributed by atoms with Crippen LogP contribution in [0.5, 0.6) is 0 Å². The number of benzene rings is 1. The number of hydrogen-bond acceptors (Lipinski definition) is 6. The van der Waals surface area contributed by atoms with Gasteiger partial charge in [0.05, 0.1) is 0 Å². The van der Waals surface area contributed by atoms with Gasteiger partial charge in [-0.05, 0) is 48.6 Å². The minimum Gasteiger partial charge on any atom is -0.372 e. The Morgan fingerprint density at radius 1 is 0.967 bits per heavy atom. The summed E-state index contributed by atoms with van der Waals surface area (Å²) in [6.07, 6.45) is 2.84. The van der Waals surface area contributed by atoms with Crippen LogP contribution in [-0.4, -0.2) is 59.7 Å². The Morgan fingerprint density at radius 3 is 2.33 bits per heavy atom. The lowest BCUT2D eigenvalue weighted by molar-refractivity contribution is -0.143. The normalized spacial score (nSPS) is 16.7. The van der Waals surface area contributed by atoms with Crippen LogP contribution in [0.25, 0.3) is 0 Å². The van der Waals surface area contributed by atoms with Crippen molar-refractivity contribution in [2.24, 2.45) is 0 Å². The number of amides is 5. The fourth-order valence-electron chi connectivity index (χ4n) is 3.64. The van der Waals surface area contributed by atoms with E-state index in [0.29, 0.717) is 17.0 Å². The van der Waals surface area contributed by atoms with Crippen molar-refractivity contribution in [3.05, 3.63) is 46.7 Å². The molecule has 2 saturated heterocycles. The van der Waals surface area contributed by atoms with Gasteiger partial charge >= 0.3 is 17.8 Å². The first-order chi connectivity index (χ1) is 14.5. The maximum Gasteiger partial charge on any atom is 0.334 e. The van der Waals surface area contributed by atoms with Crippen LogP contribution in [0.4, 0.5) is 16.2 Å². The summed E-state index contributed by atoms with van der Waals surface area (Å²) in [6, 6.07) is 10.5. The molecule has 0 bridgehead atoms. The van der Waals surface area contributed by atoms with Crippen LogP contribution in [0.15, 0.2) is 41.8 Å². The van der Waals surface area contributed by atoms with E-state index in [0.717, 1.165) is 28.6 Å². The molecule has 30 heavy (non-hydrogen) atoms. The molecule has 2 aliphatic heterocycles. The number of hydrogen-bond donors (Lipinski definition) is 1. The summed E-state index contributed by atoms with van der Waals surface area (Å²) in [5.41, 5.74) is 1.67. The molecule has 4 rings (SSSR count). The lowest BCUT2D eigenvalue weighted by Crippen LogP contribution is -2.39. The smallest absolute Gasteiger partial charge is 0.334 e. The van der Waals surface area contributed by atoms with E-state index in [2.05, 4.69) is 10.2 Å². The van der Waals surface area contributed by atoms with Gasteiger partial charge in [0, 0.05) is 42.3 Å². The van der Waals surface area contributed by atoms with E-state index in [1.54, 1.807) is 12.1 Å². The van der Waals surface area contributed by atoms with E-state index in [1.165, 1.54) is 24.2 Å². The maximum absolute atomic E-state index is 12.5. The van der Waals surface area contributed by atoms with Crippen LogP contribution < -0.4 is 10.2 Å². The van der Waals surface area contributed by atoms with E-state index in [-0.39, 0.29) is 6.54 Å². The molecule has 156 valence electrons. The van der Waals surface area contributed by atoms with Crippen LogP contribution in [0.1, 0.15) is 17.7 Å². The molecule has 9 heteroatoms.